The van der Waals surface area contributed by atoms with Crippen LogP contribution in [0.3, 0.4) is 0 Å². The van der Waals surface area contributed by atoms with Crippen molar-refractivity contribution in [1.29, 1.82) is 0 Å². The molecule has 1 heterocycles. The molecule has 2 aromatic rings. The number of carbonyl (C=O) groups excluding carboxylic acids is 1. The van der Waals surface area contributed by atoms with Gasteiger partial charge < -0.3 is 10.1 Å². The molecule has 0 saturated heterocycles. The summed E-state index contributed by atoms with van der Waals surface area (Å²) in [4.78, 5) is 15.8. The smallest absolute Gasteiger partial charge is 0.223 e. The molecule has 0 spiro atoms. The Bertz CT molecular complexity index is 529. The number of hydrogen-bond donors (Lipinski definition) is 1. The Hall–Kier alpha value is -2.36. The second-order valence-electron chi connectivity index (χ2n) is 4.49. The molecule has 0 aliphatic carbocycles. The quantitative estimate of drug-likeness (QED) is 0.878. The van der Waals surface area contributed by atoms with E-state index in [0.717, 1.165) is 11.3 Å². The fourth-order valence-corrected chi connectivity index (χ4v) is 1.81. The van der Waals surface area contributed by atoms with E-state index in [1.165, 1.54) is 0 Å². The minimum atomic E-state index is -0.0482. The van der Waals surface area contributed by atoms with E-state index in [0.29, 0.717) is 13.0 Å². The Morgan fingerprint density at radius 1 is 1.25 bits per heavy atom. The molecular weight excluding hydrogens is 252 g/mol. The lowest BCUT2D eigenvalue weighted by Crippen LogP contribution is -2.27. The zero-order valence-corrected chi connectivity index (χ0v) is 11.5. The highest BCUT2D eigenvalue weighted by Crippen LogP contribution is 2.11. The first-order valence-corrected chi connectivity index (χ1v) is 6.63. The van der Waals surface area contributed by atoms with Crippen molar-refractivity contribution < 1.29 is 9.53 Å². The van der Waals surface area contributed by atoms with Crippen molar-refractivity contribution in [1.82, 2.24) is 10.3 Å². The van der Waals surface area contributed by atoms with Crippen molar-refractivity contribution in [3.8, 4) is 5.75 Å². The number of amides is 1. The maximum absolute atomic E-state index is 11.8. The number of hydrogen-bond acceptors (Lipinski definition) is 3. The van der Waals surface area contributed by atoms with Gasteiger partial charge in [0.05, 0.1) is 19.1 Å². The number of para-hydroxylation sites is 1. The van der Waals surface area contributed by atoms with Gasteiger partial charge in [-0.05, 0) is 30.7 Å². The molecular formula is C16H18N2O2. The third kappa shape index (κ3) is 4.39. The van der Waals surface area contributed by atoms with E-state index in [1.807, 2.05) is 49.4 Å². The number of nitrogens with zero attached hydrogens (tertiary/aromatic N) is 1. The van der Waals surface area contributed by atoms with Crippen LogP contribution in [0.15, 0.2) is 54.9 Å². The number of pyridine rings is 1. The van der Waals surface area contributed by atoms with Gasteiger partial charge in [-0.1, -0.05) is 24.3 Å². The van der Waals surface area contributed by atoms with Crippen molar-refractivity contribution in [2.45, 2.75) is 19.4 Å². The summed E-state index contributed by atoms with van der Waals surface area (Å²) >= 11 is 0. The van der Waals surface area contributed by atoms with Crippen LogP contribution in [0.25, 0.3) is 0 Å². The summed E-state index contributed by atoms with van der Waals surface area (Å²) in [6, 6.07) is 13.2. The van der Waals surface area contributed by atoms with Gasteiger partial charge in [-0.15, -0.1) is 0 Å². The molecule has 0 aliphatic heterocycles. The van der Waals surface area contributed by atoms with Crippen LogP contribution < -0.4 is 10.1 Å². The molecule has 104 valence electrons. The Kier molecular flexibility index (Phi) is 5.12. The van der Waals surface area contributed by atoms with E-state index in [1.54, 1.807) is 12.4 Å². The summed E-state index contributed by atoms with van der Waals surface area (Å²) in [6.45, 7) is 2.31. The molecule has 0 radical (unpaired) electrons. The number of rotatable bonds is 6. The van der Waals surface area contributed by atoms with Gasteiger partial charge in [-0.3, -0.25) is 9.78 Å². The zero-order chi connectivity index (χ0) is 14.2. The summed E-state index contributed by atoms with van der Waals surface area (Å²) in [6.07, 6.45) is 3.80. The first-order chi connectivity index (χ1) is 9.75. The van der Waals surface area contributed by atoms with Crippen molar-refractivity contribution in [3.63, 3.8) is 0 Å². The molecule has 0 saturated carbocycles. The predicted octanol–water partition coefficient (Wildman–Crippen LogP) is 2.73. The zero-order valence-electron chi connectivity index (χ0n) is 11.5. The molecule has 20 heavy (non-hydrogen) atoms. The van der Waals surface area contributed by atoms with Crippen molar-refractivity contribution in [2.75, 3.05) is 6.61 Å². The monoisotopic (exact) mass is 270 g/mol. The van der Waals surface area contributed by atoms with Gasteiger partial charge in [0.15, 0.2) is 0 Å². The Morgan fingerprint density at radius 3 is 2.75 bits per heavy atom. The molecule has 4 nitrogen and oxygen atoms in total. The van der Waals surface area contributed by atoms with Crippen LogP contribution >= 0.6 is 0 Å². The second kappa shape index (κ2) is 7.28. The Balaban J connectivity index is 1.73. The maximum Gasteiger partial charge on any atom is 0.223 e. The minimum Gasteiger partial charge on any atom is -0.493 e. The van der Waals surface area contributed by atoms with Gasteiger partial charge >= 0.3 is 0 Å². The highest BCUT2D eigenvalue weighted by molar-refractivity contribution is 5.76. The molecule has 2 rings (SSSR count). The minimum absolute atomic E-state index is 0.0303. The molecule has 1 N–H and O–H groups in total. The van der Waals surface area contributed by atoms with Crippen LogP contribution in [0.2, 0.25) is 0 Å². The lowest BCUT2D eigenvalue weighted by Gasteiger charge is -2.14. The molecule has 4 heteroatoms. The largest absolute Gasteiger partial charge is 0.493 e. The number of benzene rings is 1. The lowest BCUT2D eigenvalue weighted by molar-refractivity contribution is -0.122. The van der Waals surface area contributed by atoms with Crippen LogP contribution in [0.1, 0.15) is 24.9 Å². The summed E-state index contributed by atoms with van der Waals surface area (Å²) in [7, 11) is 0. The van der Waals surface area contributed by atoms with Crippen LogP contribution in [-0.4, -0.2) is 17.5 Å². The normalized spacial score (nSPS) is 11.7. The van der Waals surface area contributed by atoms with Crippen LogP contribution in [-0.2, 0) is 4.79 Å². The standard InChI is InChI=1S/C16H18N2O2/c1-13(14-6-5-10-17-12-14)18-16(19)9-11-20-15-7-3-2-4-8-15/h2-8,10,12-13H,9,11H2,1H3,(H,18,19). The summed E-state index contributed by atoms with van der Waals surface area (Å²) < 4.78 is 5.49. The number of nitrogens with one attached hydrogen (secondary N) is 1. The topological polar surface area (TPSA) is 51.2 Å². The summed E-state index contributed by atoms with van der Waals surface area (Å²) in [5, 5.41) is 2.92. The van der Waals surface area contributed by atoms with E-state index in [9.17, 15) is 4.79 Å². The number of carbonyl (C=O) groups is 1. The highest BCUT2D eigenvalue weighted by atomic mass is 16.5. The average Bonchev–Trinajstić information content (AvgIpc) is 2.49. The first-order valence-electron chi connectivity index (χ1n) is 6.63. The van der Waals surface area contributed by atoms with Crippen LogP contribution in [0.5, 0.6) is 5.75 Å². The first kappa shape index (κ1) is 14.1. The fourth-order valence-electron chi connectivity index (χ4n) is 1.81. The summed E-state index contributed by atoms with van der Waals surface area (Å²) in [5.41, 5.74) is 0.991. The molecule has 1 aromatic carbocycles. The summed E-state index contributed by atoms with van der Waals surface area (Å²) in [5.74, 6) is 0.748. The fraction of sp³-hybridized carbons (Fsp3) is 0.250. The third-order valence-corrected chi connectivity index (χ3v) is 2.90. The van der Waals surface area contributed by atoms with E-state index >= 15 is 0 Å². The van der Waals surface area contributed by atoms with Crippen molar-refractivity contribution >= 4 is 5.91 Å². The Labute approximate surface area is 118 Å². The van der Waals surface area contributed by atoms with Gasteiger partial charge in [0, 0.05) is 12.4 Å². The van der Waals surface area contributed by atoms with Crippen LogP contribution in [0, 0.1) is 0 Å². The molecule has 0 bridgehead atoms. The molecule has 1 aromatic heterocycles. The average molecular weight is 270 g/mol. The highest BCUT2D eigenvalue weighted by Gasteiger charge is 2.09. The molecule has 1 atom stereocenters. The van der Waals surface area contributed by atoms with Gasteiger partial charge in [0.2, 0.25) is 5.91 Å². The molecule has 0 aliphatic rings. The van der Waals surface area contributed by atoms with Crippen molar-refractivity contribution in [2.24, 2.45) is 0 Å². The van der Waals surface area contributed by atoms with Crippen molar-refractivity contribution in [3.05, 3.63) is 60.4 Å². The van der Waals surface area contributed by atoms with E-state index in [4.69, 9.17) is 4.74 Å². The molecule has 1 unspecified atom stereocenters. The SMILES string of the molecule is CC(NC(=O)CCOc1ccccc1)c1cccnc1. The molecule has 1 amide bonds. The van der Waals surface area contributed by atoms with Crippen LogP contribution in [0.4, 0.5) is 0 Å². The third-order valence-electron chi connectivity index (χ3n) is 2.90. The number of aromatic nitrogens is 1. The van der Waals surface area contributed by atoms with Gasteiger partial charge in [-0.2, -0.15) is 0 Å². The predicted molar refractivity (Wildman–Crippen MR) is 77.3 cm³/mol. The lowest BCUT2D eigenvalue weighted by atomic mass is 10.1. The molecule has 0 fully saturated rings. The number of ether oxygens (including phenoxy) is 1. The van der Waals surface area contributed by atoms with Gasteiger partial charge in [-0.25, -0.2) is 0 Å². The van der Waals surface area contributed by atoms with E-state index < -0.39 is 0 Å². The van der Waals surface area contributed by atoms with Gasteiger partial charge in [0.1, 0.15) is 5.75 Å². The van der Waals surface area contributed by atoms with E-state index in [-0.39, 0.29) is 11.9 Å². The second-order valence-corrected chi connectivity index (χ2v) is 4.49. The van der Waals surface area contributed by atoms with E-state index in [2.05, 4.69) is 10.3 Å². The maximum atomic E-state index is 11.8. The Morgan fingerprint density at radius 2 is 2.05 bits per heavy atom. The van der Waals surface area contributed by atoms with Gasteiger partial charge in [0.25, 0.3) is 0 Å².